The third-order valence-electron chi connectivity index (χ3n) is 6.61. The van der Waals surface area contributed by atoms with E-state index in [9.17, 15) is 9.90 Å². The zero-order chi connectivity index (χ0) is 24.8. The second kappa shape index (κ2) is 9.44. The van der Waals surface area contributed by atoms with Crippen molar-refractivity contribution in [2.75, 3.05) is 25.0 Å². The molecule has 36 heavy (non-hydrogen) atoms. The molecule has 0 aliphatic carbocycles. The summed E-state index contributed by atoms with van der Waals surface area (Å²) in [7, 11) is 0. The van der Waals surface area contributed by atoms with Gasteiger partial charge < -0.3 is 20.5 Å². The SMILES string of the molecule is C[C@@H]1CNc2c(sc3ccc4nc(Oc5nc(Cl)ncc5CN5CCC(O)CC5)ccc4c23)C(=O)N1. The van der Waals surface area contributed by atoms with E-state index < -0.39 is 0 Å². The number of carbonyl (C=O) groups is 1. The molecule has 6 rings (SSSR count). The topological polar surface area (TPSA) is 112 Å². The van der Waals surface area contributed by atoms with Gasteiger partial charge in [0.25, 0.3) is 5.91 Å². The molecular formula is C25H25ClN6O3S. The Bertz CT molecular complexity index is 1470. The molecule has 1 aromatic carbocycles. The number of piperidine rings is 1. The minimum Gasteiger partial charge on any atom is -0.420 e. The van der Waals surface area contributed by atoms with E-state index in [2.05, 4.69) is 25.5 Å². The summed E-state index contributed by atoms with van der Waals surface area (Å²) in [6, 6.07) is 7.75. The fraction of sp³-hybridized carbons (Fsp3) is 0.360. The molecule has 1 amide bonds. The Hall–Kier alpha value is -3.05. The normalized spacial score (nSPS) is 19.1. The number of fused-ring (bicyclic) bond motifs is 5. The van der Waals surface area contributed by atoms with Crippen LogP contribution in [0.2, 0.25) is 5.28 Å². The highest BCUT2D eigenvalue weighted by molar-refractivity contribution is 7.21. The standard InChI is InChI=1S/C25H25ClN6O3S/c1-13-10-27-21-20-16-2-5-19(30-17(16)3-4-18(20)36-22(21)23(34)29-13)35-24-14(11-28-25(26)31-24)12-32-8-6-15(33)7-9-32/h2-5,11,13,15,27,33H,6-10,12H2,1H3,(H,29,34)/t13-/m1/s1. The number of hydrogen-bond acceptors (Lipinski definition) is 9. The van der Waals surface area contributed by atoms with Gasteiger partial charge in [0.05, 0.1) is 17.3 Å². The van der Waals surface area contributed by atoms with E-state index in [-0.39, 0.29) is 23.3 Å². The average Bonchev–Trinajstić information content (AvgIpc) is 3.18. The Kier molecular flexibility index (Phi) is 6.12. The van der Waals surface area contributed by atoms with Gasteiger partial charge in [0.1, 0.15) is 4.88 Å². The Morgan fingerprint density at radius 2 is 2.06 bits per heavy atom. The summed E-state index contributed by atoms with van der Waals surface area (Å²) in [6.45, 7) is 4.82. The third kappa shape index (κ3) is 4.45. The fourth-order valence-electron chi connectivity index (χ4n) is 4.75. The van der Waals surface area contributed by atoms with Crippen molar-refractivity contribution >= 4 is 55.5 Å². The largest absolute Gasteiger partial charge is 0.420 e. The molecule has 0 unspecified atom stereocenters. The van der Waals surface area contributed by atoms with Crippen molar-refractivity contribution in [3.63, 3.8) is 0 Å². The lowest BCUT2D eigenvalue weighted by Crippen LogP contribution is -2.35. The van der Waals surface area contributed by atoms with Crippen LogP contribution in [0.1, 0.15) is 35.0 Å². The first kappa shape index (κ1) is 23.4. The lowest BCUT2D eigenvalue weighted by molar-refractivity contribution is 0.0788. The molecule has 2 aliphatic rings. The molecule has 1 saturated heterocycles. The Balaban J connectivity index is 1.33. The van der Waals surface area contributed by atoms with Gasteiger partial charge in [-0.1, -0.05) is 0 Å². The monoisotopic (exact) mass is 524 g/mol. The van der Waals surface area contributed by atoms with Crippen LogP contribution in [0, 0.1) is 0 Å². The summed E-state index contributed by atoms with van der Waals surface area (Å²) in [6.07, 6.45) is 2.93. The summed E-state index contributed by atoms with van der Waals surface area (Å²) < 4.78 is 7.14. The Labute approximate surface area is 216 Å². The molecule has 1 atom stereocenters. The molecule has 2 aliphatic heterocycles. The second-order valence-corrected chi connectivity index (χ2v) is 10.7. The maximum Gasteiger partial charge on any atom is 0.263 e. The lowest BCUT2D eigenvalue weighted by atomic mass is 10.1. The summed E-state index contributed by atoms with van der Waals surface area (Å²) >= 11 is 7.57. The summed E-state index contributed by atoms with van der Waals surface area (Å²) in [4.78, 5) is 28.8. The van der Waals surface area contributed by atoms with Crippen LogP contribution in [0.25, 0.3) is 21.0 Å². The van der Waals surface area contributed by atoms with Crippen LogP contribution in [0.3, 0.4) is 0 Å². The average molecular weight is 525 g/mol. The van der Waals surface area contributed by atoms with E-state index in [1.165, 1.54) is 11.3 Å². The smallest absolute Gasteiger partial charge is 0.263 e. The zero-order valence-corrected chi connectivity index (χ0v) is 21.2. The van der Waals surface area contributed by atoms with Crippen molar-refractivity contribution in [1.29, 1.82) is 0 Å². The number of hydrogen-bond donors (Lipinski definition) is 3. The van der Waals surface area contributed by atoms with Crippen molar-refractivity contribution in [2.45, 2.75) is 38.5 Å². The highest BCUT2D eigenvalue weighted by Crippen LogP contribution is 2.41. The maximum atomic E-state index is 12.7. The van der Waals surface area contributed by atoms with E-state index in [0.717, 1.165) is 58.2 Å². The van der Waals surface area contributed by atoms with Gasteiger partial charge in [-0.05, 0) is 49.6 Å². The highest BCUT2D eigenvalue weighted by atomic mass is 35.5. The molecule has 0 bridgehead atoms. The first-order valence-corrected chi connectivity index (χ1v) is 13.1. The molecule has 9 nitrogen and oxygen atoms in total. The number of aliphatic hydroxyl groups is 1. The van der Waals surface area contributed by atoms with Gasteiger partial charge in [-0.15, -0.1) is 11.3 Å². The number of aliphatic hydroxyl groups excluding tert-OH is 1. The molecule has 1 fully saturated rings. The van der Waals surface area contributed by atoms with Gasteiger partial charge in [-0.3, -0.25) is 9.69 Å². The first-order valence-electron chi connectivity index (χ1n) is 12.0. The van der Waals surface area contributed by atoms with E-state index in [4.69, 9.17) is 21.3 Å². The number of anilines is 1. The third-order valence-corrected chi connectivity index (χ3v) is 7.95. The van der Waals surface area contributed by atoms with Crippen LogP contribution in [-0.2, 0) is 6.54 Å². The molecule has 5 heterocycles. The number of thiophene rings is 1. The number of carbonyl (C=O) groups excluding carboxylic acids is 1. The van der Waals surface area contributed by atoms with Crippen LogP contribution >= 0.6 is 22.9 Å². The maximum absolute atomic E-state index is 12.7. The fourth-order valence-corrected chi connectivity index (χ4v) is 5.97. The number of halogens is 1. The molecule has 0 radical (unpaired) electrons. The summed E-state index contributed by atoms with van der Waals surface area (Å²) in [5.74, 6) is 0.708. The van der Waals surface area contributed by atoms with E-state index in [1.807, 2.05) is 31.2 Å². The van der Waals surface area contributed by atoms with Crippen molar-refractivity contribution in [2.24, 2.45) is 0 Å². The zero-order valence-electron chi connectivity index (χ0n) is 19.6. The summed E-state index contributed by atoms with van der Waals surface area (Å²) in [5.41, 5.74) is 2.42. The van der Waals surface area contributed by atoms with Crippen LogP contribution in [0.5, 0.6) is 11.8 Å². The van der Waals surface area contributed by atoms with Gasteiger partial charge >= 0.3 is 0 Å². The highest BCUT2D eigenvalue weighted by Gasteiger charge is 2.25. The molecule has 186 valence electrons. The van der Waals surface area contributed by atoms with E-state index >= 15 is 0 Å². The van der Waals surface area contributed by atoms with Crippen molar-refractivity contribution in [3.05, 3.63) is 46.2 Å². The number of benzene rings is 1. The first-order chi connectivity index (χ1) is 17.4. The minimum absolute atomic E-state index is 0.0455. The predicted octanol–water partition coefficient (Wildman–Crippen LogP) is 4.19. The van der Waals surface area contributed by atoms with E-state index in [1.54, 1.807) is 6.20 Å². The Morgan fingerprint density at radius 3 is 2.89 bits per heavy atom. The molecule has 0 saturated carbocycles. The van der Waals surface area contributed by atoms with E-state index in [0.29, 0.717) is 29.7 Å². The quantitative estimate of drug-likeness (QED) is 0.341. The van der Waals surface area contributed by atoms with Gasteiger partial charge in [0, 0.05) is 65.5 Å². The molecule has 11 heteroatoms. The van der Waals surface area contributed by atoms with Crippen LogP contribution in [-0.4, -0.2) is 62.6 Å². The number of nitrogens with one attached hydrogen (secondary N) is 2. The van der Waals surface area contributed by atoms with Crippen molar-refractivity contribution in [3.8, 4) is 11.8 Å². The van der Waals surface area contributed by atoms with Crippen LogP contribution < -0.4 is 15.4 Å². The summed E-state index contributed by atoms with van der Waals surface area (Å²) in [5, 5.41) is 18.3. The van der Waals surface area contributed by atoms with Crippen LogP contribution in [0.4, 0.5) is 5.69 Å². The number of rotatable bonds is 4. The van der Waals surface area contributed by atoms with Gasteiger partial charge in [0.15, 0.2) is 0 Å². The number of pyridine rings is 1. The number of nitrogens with zero attached hydrogens (tertiary/aromatic N) is 4. The lowest BCUT2D eigenvalue weighted by Gasteiger charge is -2.29. The van der Waals surface area contributed by atoms with Crippen molar-refractivity contribution < 1.29 is 14.6 Å². The van der Waals surface area contributed by atoms with Crippen molar-refractivity contribution in [1.82, 2.24) is 25.2 Å². The molecular weight excluding hydrogens is 500 g/mol. The van der Waals surface area contributed by atoms with Crippen LogP contribution in [0.15, 0.2) is 30.5 Å². The molecule has 3 N–H and O–H groups in total. The minimum atomic E-state index is -0.238. The van der Waals surface area contributed by atoms with Gasteiger partial charge in [0.2, 0.25) is 17.0 Å². The van der Waals surface area contributed by atoms with Gasteiger partial charge in [-0.25, -0.2) is 9.97 Å². The Morgan fingerprint density at radius 1 is 1.22 bits per heavy atom. The number of likely N-dealkylation sites (tertiary alicyclic amines) is 1. The second-order valence-electron chi connectivity index (χ2n) is 9.30. The van der Waals surface area contributed by atoms with Gasteiger partial charge in [-0.2, -0.15) is 4.98 Å². The number of amides is 1. The molecule has 0 spiro atoms. The predicted molar refractivity (Wildman–Crippen MR) is 140 cm³/mol. The molecule has 4 aromatic rings. The number of ether oxygens (including phenoxy) is 1. The number of aromatic nitrogens is 3. The molecule has 3 aromatic heterocycles.